The Hall–Kier alpha value is -1.99. The number of carboxylic acids is 1. The van der Waals surface area contributed by atoms with E-state index in [0.29, 0.717) is 20.6 Å². The molecule has 1 aromatic heterocycles. The molecule has 0 bridgehead atoms. The lowest BCUT2D eigenvalue weighted by molar-refractivity contribution is 0.0701. The quantitative estimate of drug-likeness (QED) is 0.844. The largest absolute Gasteiger partial charge is 0.477 e. The van der Waals surface area contributed by atoms with Crippen LogP contribution in [0.3, 0.4) is 0 Å². The fourth-order valence-corrected chi connectivity index (χ4v) is 3.18. The van der Waals surface area contributed by atoms with Crippen LogP contribution in [0.4, 0.5) is 5.00 Å². The number of thiophene rings is 1. The van der Waals surface area contributed by atoms with Crippen molar-refractivity contribution < 1.29 is 19.5 Å². The minimum atomic E-state index is -1.08. The van der Waals surface area contributed by atoms with Gasteiger partial charge in [-0.15, -0.1) is 11.3 Å². The van der Waals surface area contributed by atoms with Crippen molar-refractivity contribution in [2.45, 2.75) is 0 Å². The Morgan fingerprint density at radius 1 is 1.10 bits per heavy atom. The first-order valence-electron chi connectivity index (χ1n) is 5.50. The number of carboxylic acid groups (broad SMARTS) is 1. The van der Waals surface area contributed by atoms with Crippen LogP contribution >= 0.6 is 27.3 Å². The number of carbonyl (C=O) groups excluding carboxylic acids is 2. The van der Waals surface area contributed by atoms with Gasteiger partial charge in [-0.1, -0.05) is 15.9 Å². The lowest BCUT2D eigenvalue weighted by atomic mass is 10.1. The number of hydrogen-bond donors (Lipinski definition) is 1. The number of rotatable bonds is 2. The van der Waals surface area contributed by atoms with Crippen LogP contribution in [-0.2, 0) is 0 Å². The summed E-state index contributed by atoms with van der Waals surface area (Å²) in [5.74, 6) is -1.96. The maximum Gasteiger partial charge on any atom is 0.345 e. The first-order chi connectivity index (χ1) is 9.49. The molecule has 0 saturated carbocycles. The molecule has 0 saturated heterocycles. The average molecular weight is 352 g/mol. The predicted octanol–water partition coefficient (Wildman–Crippen LogP) is 3.01. The van der Waals surface area contributed by atoms with E-state index in [4.69, 9.17) is 5.11 Å². The van der Waals surface area contributed by atoms with Crippen LogP contribution in [0.25, 0.3) is 0 Å². The number of carbonyl (C=O) groups is 3. The average Bonchev–Trinajstić information content (AvgIpc) is 2.95. The van der Waals surface area contributed by atoms with E-state index in [1.807, 2.05) is 0 Å². The Morgan fingerprint density at radius 3 is 2.45 bits per heavy atom. The maximum atomic E-state index is 12.3. The highest BCUT2D eigenvalue weighted by atomic mass is 79.9. The zero-order valence-corrected chi connectivity index (χ0v) is 12.2. The van der Waals surface area contributed by atoms with E-state index in [9.17, 15) is 14.4 Å². The van der Waals surface area contributed by atoms with Crippen molar-refractivity contribution in [3.8, 4) is 0 Å². The zero-order chi connectivity index (χ0) is 14.4. The number of anilines is 1. The summed E-state index contributed by atoms with van der Waals surface area (Å²) in [4.78, 5) is 36.5. The fourth-order valence-electron chi connectivity index (χ4n) is 1.98. The summed E-state index contributed by atoms with van der Waals surface area (Å²) < 4.78 is 0.705. The molecule has 2 heterocycles. The molecule has 0 fully saturated rings. The highest BCUT2D eigenvalue weighted by Crippen LogP contribution is 2.34. The number of halogens is 1. The van der Waals surface area contributed by atoms with Gasteiger partial charge >= 0.3 is 5.97 Å². The van der Waals surface area contributed by atoms with E-state index in [-0.39, 0.29) is 4.88 Å². The van der Waals surface area contributed by atoms with Crippen LogP contribution in [0.2, 0.25) is 0 Å². The van der Waals surface area contributed by atoms with Crippen LogP contribution in [0.15, 0.2) is 34.8 Å². The second-order valence-electron chi connectivity index (χ2n) is 4.08. The third-order valence-electron chi connectivity index (χ3n) is 2.87. The molecule has 3 rings (SSSR count). The number of amides is 2. The molecule has 1 aliphatic rings. The van der Waals surface area contributed by atoms with Crippen LogP contribution < -0.4 is 4.90 Å². The molecule has 7 heteroatoms. The minimum absolute atomic E-state index is 0.0812. The van der Waals surface area contributed by atoms with E-state index in [1.165, 1.54) is 12.1 Å². The first kappa shape index (κ1) is 13.0. The van der Waals surface area contributed by atoms with E-state index in [2.05, 4.69) is 15.9 Å². The van der Waals surface area contributed by atoms with Gasteiger partial charge in [-0.3, -0.25) is 9.59 Å². The van der Waals surface area contributed by atoms with Gasteiger partial charge < -0.3 is 5.11 Å². The molecule has 1 aliphatic heterocycles. The molecule has 5 nitrogen and oxygen atoms in total. The van der Waals surface area contributed by atoms with Crippen molar-refractivity contribution in [1.29, 1.82) is 0 Å². The summed E-state index contributed by atoms with van der Waals surface area (Å²) in [5.41, 5.74) is 0.637. The molecule has 2 amide bonds. The van der Waals surface area contributed by atoms with E-state index < -0.39 is 17.8 Å². The van der Waals surface area contributed by atoms with Crippen molar-refractivity contribution in [3.05, 3.63) is 50.8 Å². The van der Waals surface area contributed by atoms with Gasteiger partial charge in [0.15, 0.2) is 0 Å². The molecule has 100 valence electrons. The van der Waals surface area contributed by atoms with Gasteiger partial charge in [-0.2, -0.15) is 0 Å². The SMILES string of the molecule is O=C(O)c1ccc(N2C(=O)c3ccc(Br)cc3C2=O)s1. The van der Waals surface area contributed by atoms with Gasteiger partial charge in [0.1, 0.15) is 9.88 Å². The van der Waals surface area contributed by atoms with Gasteiger partial charge in [-0.05, 0) is 30.3 Å². The topological polar surface area (TPSA) is 74.7 Å². The van der Waals surface area contributed by atoms with Crippen LogP contribution in [0.5, 0.6) is 0 Å². The van der Waals surface area contributed by atoms with Crippen molar-refractivity contribution >= 4 is 50.1 Å². The fraction of sp³-hybridized carbons (Fsp3) is 0. The highest BCUT2D eigenvalue weighted by Gasteiger charge is 2.37. The zero-order valence-electron chi connectivity index (χ0n) is 9.79. The van der Waals surface area contributed by atoms with Gasteiger partial charge in [-0.25, -0.2) is 9.69 Å². The van der Waals surface area contributed by atoms with Crippen molar-refractivity contribution in [1.82, 2.24) is 0 Å². The highest BCUT2D eigenvalue weighted by molar-refractivity contribution is 9.10. The Kier molecular flexibility index (Phi) is 2.95. The van der Waals surface area contributed by atoms with Crippen molar-refractivity contribution in [2.24, 2.45) is 0 Å². The van der Waals surface area contributed by atoms with Gasteiger partial charge in [0.05, 0.1) is 11.1 Å². The molecule has 0 radical (unpaired) electrons. The molecular weight excluding hydrogens is 346 g/mol. The Morgan fingerprint density at radius 2 is 1.80 bits per heavy atom. The molecular formula is C13H6BrNO4S. The molecule has 1 aromatic carbocycles. The second kappa shape index (κ2) is 4.53. The molecule has 0 aliphatic carbocycles. The standard InChI is InChI=1S/C13H6BrNO4S/c14-6-1-2-7-8(5-6)12(17)15(11(7)16)10-4-3-9(20-10)13(18)19/h1-5H,(H,18,19). The van der Waals surface area contributed by atoms with Gasteiger partial charge in [0, 0.05) is 4.47 Å². The lowest BCUT2D eigenvalue weighted by Gasteiger charge is -2.10. The third kappa shape index (κ3) is 1.86. The minimum Gasteiger partial charge on any atom is -0.477 e. The van der Waals surface area contributed by atoms with E-state index in [0.717, 1.165) is 16.2 Å². The number of benzene rings is 1. The molecule has 20 heavy (non-hydrogen) atoms. The van der Waals surface area contributed by atoms with Crippen molar-refractivity contribution in [2.75, 3.05) is 4.90 Å². The van der Waals surface area contributed by atoms with Gasteiger partial charge in [0.2, 0.25) is 0 Å². The Balaban J connectivity index is 2.06. The van der Waals surface area contributed by atoms with E-state index in [1.54, 1.807) is 18.2 Å². The number of fused-ring (bicyclic) bond motifs is 1. The predicted molar refractivity (Wildman–Crippen MR) is 76.6 cm³/mol. The van der Waals surface area contributed by atoms with Crippen molar-refractivity contribution in [3.63, 3.8) is 0 Å². The Labute approximate surface area is 125 Å². The summed E-state index contributed by atoms with van der Waals surface area (Å²) in [5, 5.41) is 9.21. The summed E-state index contributed by atoms with van der Waals surface area (Å²) in [6.07, 6.45) is 0. The molecule has 0 atom stereocenters. The smallest absolute Gasteiger partial charge is 0.345 e. The normalized spacial score (nSPS) is 13.8. The van der Waals surface area contributed by atoms with Gasteiger partial charge in [0.25, 0.3) is 11.8 Å². The second-order valence-corrected chi connectivity index (χ2v) is 6.06. The monoisotopic (exact) mass is 351 g/mol. The third-order valence-corrected chi connectivity index (χ3v) is 4.42. The van der Waals surface area contributed by atoms with Crippen LogP contribution in [0, 0.1) is 0 Å². The number of hydrogen-bond acceptors (Lipinski definition) is 4. The summed E-state index contributed by atoms with van der Waals surface area (Å²) in [7, 11) is 0. The van der Waals surface area contributed by atoms with Crippen LogP contribution in [-0.4, -0.2) is 22.9 Å². The number of imide groups is 1. The Bertz CT molecular complexity index is 767. The molecule has 1 N–H and O–H groups in total. The molecule has 2 aromatic rings. The maximum absolute atomic E-state index is 12.3. The summed E-state index contributed by atoms with van der Waals surface area (Å²) >= 11 is 4.15. The molecule has 0 unspecified atom stereocenters. The number of nitrogens with zero attached hydrogens (tertiary/aromatic N) is 1. The lowest BCUT2D eigenvalue weighted by Crippen LogP contribution is -2.28. The van der Waals surface area contributed by atoms with Crippen LogP contribution in [0.1, 0.15) is 30.4 Å². The summed E-state index contributed by atoms with van der Waals surface area (Å²) in [6.45, 7) is 0. The number of aromatic carboxylic acids is 1. The first-order valence-corrected chi connectivity index (χ1v) is 7.11. The summed E-state index contributed by atoms with van der Waals surface area (Å²) in [6, 6.07) is 7.68. The molecule has 0 spiro atoms. The van der Waals surface area contributed by atoms with E-state index >= 15 is 0 Å².